The molecule has 1 aliphatic carbocycles. The highest BCUT2D eigenvalue weighted by Gasteiger charge is 2.36. The van der Waals surface area contributed by atoms with Gasteiger partial charge in [0.15, 0.2) is 10.9 Å². The molecular formula is C20H14N4O6S2. The number of Topliss-reactive ketones (excluding diaryl/α,β-unsaturated/α-hetero) is 1. The number of thiazole rings is 1. The number of fused-ring (bicyclic) bond motifs is 1. The summed E-state index contributed by atoms with van der Waals surface area (Å²) in [5, 5.41) is 23.8. The van der Waals surface area contributed by atoms with Crippen LogP contribution in [0, 0.1) is 10.1 Å². The van der Waals surface area contributed by atoms with Crippen LogP contribution < -0.4 is 4.72 Å². The zero-order chi connectivity index (χ0) is 23.0. The van der Waals surface area contributed by atoms with Crippen molar-refractivity contribution in [1.29, 1.82) is 0 Å². The summed E-state index contributed by atoms with van der Waals surface area (Å²) in [6.07, 6.45) is 1.47. The number of carbonyl (C=O) groups is 1. The van der Waals surface area contributed by atoms with Crippen LogP contribution in [-0.4, -0.2) is 34.9 Å². The SMILES string of the molecule is CC(=O)C1=C(O)c2c(cccc2[N+](=O)[O-])C1=Nc1ccc(S(=O)(=O)Nc2nccs2)cc1. The summed E-state index contributed by atoms with van der Waals surface area (Å²) in [5.74, 6) is -1.02. The van der Waals surface area contributed by atoms with Crippen LogP contribution in [0.3, 0.4) is 0 Å². The minimum Gasteiger partial charge on any atom is -0.506 e. The molecule has 1 aromatic heterocycles. The predicted molar refractivity (Wildman–Crippen MR) is 119 cm³/mol. The smallest absolute Gasteiger partial charge is 0.281 e. The Kier molecular flexibility index (Phi) is 5.32. The number of anilines is 1. The number of allylic oxidation sites excluding steroid dienone is 1. The maximum atomic E-state index is 12.5. The zero-order valence-electron chi connectivity index (χ0n) is 16.3. The molecule has 1 aliphatic rings. The fourth-order valence-corrected chi connectivity index (χ4v) is 5.03. The minimum atomic E-state index is -3.85. The highest BCUT2D eigenvalue weighted by Crippen LogP contribution is 2.39. The molecular weight excluding hydrogens is 456 g/mol. The number of carbonyl (C=O) groups excluding carboxylic acids is 1. The number of nitrogens with zero attached hydrogens (tertiary/aromatic N) is 3. The highest BCUT2D eigenvalue weighted by atomic mass is 32.2. The monoisotopic (exact) mass is 470 g/mol. The van der Waals surface area contributed by atoms with E-state index in [0.717, 1.165) is 11.3 Å². The number of aliphatic hydroxyl groups excluding tert-OH is 1. The zero-order valence-corrected chi connectivity index (χ0v) is 18.0. The van der Waals surface area contributed by atoms with E-state index in [1.54, 1.807) is 5.38 Å². The van der Waals surface area contributed by atoms with E-state index in [1.807, 2.05) is 0 Å². The van der Waals surface area contributed by atoms with E-state index in [-0.39, 0.29) is 38.1 Å². The van der Waals surface area contributed by atoms with Gasteiger partial charge >= 0.3 is 0 Å². The first-order valence-electron chi connectivity index (χ1n) is 9.03. The number of nitrogens with one attached hydrogen (secondary N) is 1. The Balaban J connectivity index is 1.75. The summed E-state index contributed by atoms with van der Waals surface area (Å²) in [4.78, 5) is 31.1. The van der Waals surface area contributed by atoms with E-state index in [1.165, 1.54) is 55.6 Å². The second-order valence-corrected chi connectivity index (χ2v) is 9.21. The van der Waals surface area contributed by atoms with Crippen LogP contribution in [-0.2, 0) is 14.8 Å². The lowest BCUT2D eigenvalue weighted by atomic mass is 10.0. The minimum absolute atomic E-state index is 0.0238. The van der Waals surface area contributed by atoms with E-state index in [9.17, 15) is 28.4 Å². The molecule has 4 rings (SSSR count). The molecule has 3 aromatic rings. The largest absolute Gasteiger partial charge is 0.506 e. The number of aliphatic imine (C=N–C) groups is 1. The van der Waals surface area contributed by atoms with Crippen LogP contribution in [0.25, 0.3) is 5.76 Å². The average Bonchev–Trinajstić information content (AvgIpc) is 3.34. The molecule has 32 heavy (non-hydrogen) atoms. The van der Waals surface area contributed by atoms with E-state index in [0.29, 0.717) is 5.69 Å². The molecule has 0 bridgehead atoms. The number of ketones is 1. The van der Waals surface area contributed by atoms with E-state index in [2.05, 4.69) is 14.7 Å². The predicted octanol–water partition coefficient (Wildman–Crippen LogP) is 3.84. The van der Waals surface area contributed by atoms with E-state index >= 15 is 0 Å². The first kappa shape index (κ1) is 21.3. The topological polar surface area (TPSA) is 152 Å². The van der Waals surface area contributed by atoms with Gasteiger partial charge in [-0.05, 0) is 31.2 Å². The van der Waals surface area contributed by atoms with Gasteiger partial charge in [0.25, 0.3) is 15.7 Å². The standard InChI is InChI=1S/C20H14N4O6S2/c1-11(25)16-18(14-3-2-4-15(24(27)28)17(14)19(16)26)22-12-5-7-13(8-6-12)32(29,30)23-20-21-9-10-31-20/h2-10,26H,1H3,(H,21,23). The normalized spacial score (nSPS) is 14.5. The highest BCUT2D eigenvalue weighted by molar-refractivity contribution is 7.93. The summed E-state index contributed by atoms with van der Waals surface area (Å²) in [6, 6.07) is 9.68. The molecule has 0 spiro atoms. The number of benzene rings is 2. The van der Waals surface area contributed by atoms with Gasteiger partial charge in [-0.1, -0.05) is 12.1 Å². The molecule has 0 saturated carbocycles. The molecule has 162 valence electrons. The van der Waals surface area contributed by atoms with E-state index < -0.39 is 26.5 Å². The molecule has 2 N–H and O–H groups in total. The Morgan fingerprint density at radius 3 is 2.53 bits per heavy atom. The Morgan fingerprint density at radius 1 is 1.22 bits per heavy atom. The number of nitro benzene ring substituents is 1. The van der Waals surface area contributed by atoms with Crippen LogP contribution >= 0.6 is 11.3 Å². The quantitative estimate of drug-likeness (QED) is 0.410. The molecule has 2 aromatic carbocycles. The Bertz CT molecular complexity index is 1410. The second kappa shape index (κ2) is 7.98. The number of rotatable bonds is 6. The molecule has 0 atom stereocenters. The molecule has 0 unspecified atom stereocenters. The third-order valence-corrected chi connectivity index (χ3v) is 6.77. The van der Waals surface area contributed by atoms with Gasteiger partial charge in [0.2, 0.25) is 0 Å². The summed E-state index contributed by atoms with van der Waals surface area (Å²) in [6.45, 7) is 1.22. The van der Waals surface area contributed by atoms with Crippen molar-refractivity contribution in [3.63, 3.8) is 0 Å². The first-order chi connectivity index (χ1) is 15.2. The lowest BCUT2D eigenvalue weighted by Crippen LogP contribution is -2.12. The maximum absolute atomic E-state index is 12.5. The number of hydrogen-bond donors (Lipinski definition) is 2. The number of hydrogen-bond acceptors (Lipinski definition) is 9. The van der Waals surface area contributed by atoms with Crippen molar-refractivity contribution < 1.29 is 23.2 Å². The Morgan fingerprint density at radius 2 is 1.94 bits per heavy atom. The number of nitro groups is 1. The van der Waals surface area contributed by atoms with Gasteiger partial charge in [-0.15, -0.1) is 11.3 Å². The third-order valence-electron chi connectivity index (χ3n) is 4.60. The molecule has 0 saturated heterocycles. The lowest BCUT2D eigenvalue weighted by molar-refractivity contribution is -0.385. The average molecular weight is 470 g/mol. The van der Waals surface area contributed by atoms with Crippen LogP contribution in [0.2, 0.25) is 0 Å². The van der Waals surface area contributed by atoms with Crippen LogP contribution in [0.4, 0.5) is 16.5 Å². The molecule has 1 heterocycles. The van der Waals surface area contributed by atoms with Gasteiger partial charge in [0.1, 0.15) is 11.3 Å². The molecule has 0 radical (unpaired) electrons. The summed E-state index contributed by atoms with van der Waals surface area (Å²) in [7, 11) is -3.85. The van der Waals surface area contributed by atoms with Crippen molar-refractivity contribution in [3.8, 4) is 0 Å². The summed E-state index contributed by atoms with van der Waals surface area (Å²) < 4.78 is 27.3. The van der Waals surface area contributed by atoms with Crippen LogP contribution in [0.5, 0.6) is 0 Å². The van der Waals surface area contributed by atoms with E-state index in [4.69, 9.17) is 0 Å². The fraction of sp³-hybridized carbons (Fsp3) is 0.0500. The van der Waals surface area contributed by atoms with Crippen LogP contribution in [0.15, 0.2) is 69.5 Å². The van der Waals surface area contributed by atoms with Crippen molar-refractivity contribution in [1.82, 2.24) is 4.98 Å². The Labute approximate surface area is 185 Å². The van der Waals surface area contributed by atoms with Crippen molar-refractivity contribution in [2.75, 3.05) is 4.72 Å². The summed E-state index contributed by atoms with van der Waals surface area (Å²) in [5.41, 5.74) is 0.0386. The van der Waals surface area contributed by atoms with Crippen molar-refractivity contribution >= 4 is 55.1 Å². The molecule has 0 fully saturated rings. The third kappa shape index (κ3) is 3.76. The van der Waals surface area contributed by atoms with Gasteiger partial charge < -0.3 is 5.11 Å². The first-order valence-corrected chi connectivity index (χ1v) is 11.4. The molecule has 12 heteroatoms. The number of sulfonamides is 1. The van der Waals surface area contributed by atoms with Crippen molar-refractivity contribution in [3.05, 3.63) is 80.9 Å². The molecule has 0 amide bonds. The number of aliphatic hydroxyl groups is 1. The van der Waals surface area contributed by atoms with Crippen molar-refractivity contribution in [2.45, 2.75) is 11.8 Å². The Hall–Kier alpha value is -3.90. The van der Waals surface area contributed by atoms with Gasteiger partial charge in [-0.3, -0.25) is 19.6 Å². The van der Waals surface area contributed by atoms with Gasteiger partial charge in [-0.2, -0.15) is 0 Å². The van der Waals surface area contributed by atoms with Crippen LogP contribution in [0.1, 0.15) is 18.1 Å². The second-order valence-electron chi connectivity index (χ2n) is 6.63. The van der Waals surface area contributed by atoms with Crippen molar-refractivity contribution in [2.24, 2.45) is 4.99 Å². The molecule has 10 nitrogen and oxygen atoms in total. The number of aromatic nitrogens is 1. The maximum Gasteiger partial charge on any atom is 0.281 e. The molecule has 0 aliphatic heterocycles. The lowest BCUT2D eigenvalue weighted by Gasteiger charge is -2.06. The summed E-state index contributed by atoms with van der Waals surface area (Å²) >= 11 is 1.14. The van der Waals surface area contributed by atoms with Gasteiger partial charge in [-0.25, -0.2) is 18.4 Å². The van der Waals surface area contributed by atoms with Gasteiger partial charge in [0, 0.05) is 23.2 Å². The van der Waals surface area contributed by atoms with Gasteiger partial charge in [0.05, 0.1) is 26.8 Å². The fourth-order valence-electron chi connectivity index (χ4n) is 3.24.